The van der Waals surface area contributed by atoms with Gasteiger partial charge in [0.2, 0.25) is 0 Å². The Bertz CT molecular complexity index is 1210. The molecule has 1 aromatic heterocycles. The molecule has 0 atom stereocenters. The van der Waals surface area contributed by atoms with Crippen LogP contribution in [-0.4, -0.2) is 15.5 Å². The van der Waals surface area contributed by atoms with Crippen molar-refractivity contribution in [3.05, 3.63) is 99.8 Å². The summed E-state index contributed by atoms with van der Waals surface area (Å²) in [6.45, 7) is 0. The van der Waals surface area contributed by atoms with E-state index in [-0.39, 0.29) is 5.69 Å². The Balaban J connectivity index is 1.70. The number of anilines is 1. The average Bonchev–Trinajstić information content (AvgIpc) is 3.19. The van der Waals surface area contributed by atoms with Crippen molar-refractivity contribution in [2.75, 3.05) is 5.43 Å². The molecular formula is C22H15Cl3N4O. The Labute approximate surface area is 188 Å². The minimum atomic E-state index is -0.420. The van der Waals surface area contributed by atoms with Gasteiger partial charge in [-0.1, -0.05) is 59.1 Å². The van der Waals surface area contributed by atoms with E-state index in [0.29, 0.717) is 32.1 Å². The minimum Gasteiger partial charge on any atom is -0.299 e. The van der Waals surface area contributed by atoms with Gasteiger partial charge >= 0.3 is 0 Å². The van der Waals surface area contributed by atoms with Crippen LogP contribution >= 0.6 is 34.8 Å². The van der Waals surface area contributed by atoms with Crippen molar-refractivity contribution >= 4 is 46.4 Å². The van der Waals surface area contributed by atoms with Gasteiger partial charge < -0.3 is 0 Å². The number of aromatic nitrogens is 2. The lowest BCUT2D eigenvalue weighted by Gasteiger charge is -2.09. The number of rotatable bonds is 5. The summed E-state index contributed by atoms with van der Waals surface area (Å²) in [5.41, 5.74) is 7.71. The third kappa shape index (κ3) is 4.28. The Morgan fingerprint density at radius 3 is 2.20 bits per heavy atom. The predicted molar refractivity (Wildman–Crippen MR) is 122 cm³/mol. The summed E-state index contributed by atoms with van der Waals surface area (Å²) in [7, 11) is 0. The van der Waals surface area contributed by atoms with Crippen molar-refractivity contribution in [2.24, 2.45) is 0 Å². The Morgan fingerprint density at radius 1 is 0.833 bits per heavy atom. The number of hydrazine groups is 1. The highest BCUT2D eigenvalue weighted by Crippen LogP contribution is 2.29. The number of hydrogen-bond acceptors (Lipinski definition) is 3. The summed E-state index contributed by atoms with van der Waals surface area (Å²) in [4.78, 5) is 17.3. The maximum Gasteiger partial charge on any atom is 0.289 e. The molecule has 4 rings (SSSR count). The van der Waals surface area contributed by atoms with Gasteiger partial charge in [-0.2, -0.15) is 0 Å². The molecule has 0 spiro atoms. The molecular weight excluding hydrogens is 443 g/mol. The van der Waals surface area contributed by atoms with E-state index in [4.69, 9.17) is 34.8 Å². The Hall–Kier alpha value is -2.99. The van der Waals surface area contributed by atoms with Gasteiger partial charge in [-0.3, -0.25) is 20.2 Å². The molecule has 0 aliphatic rings. The molecule has 0 fully saturated rings. The second kappa shape index (κ2) is 8.79. The molecule has 8 heteroatoms. The number of para-hydroxylation sites is 1. The lowest BCUT2D eigenvalue weighted by atomic mass is 10.2. The van der Waals surface area contributed by atoms with Gasteiger partial charge in [-0.25, -0.2) is 4.98 Å². The van der Waals surface area contributed by atoms with Crippen LogP contribution in [0, 0.1) is 0 Å². The number of amides is 1. The molecule has 150 valence electrons. The first-order chi connectivity index (χ1) is 14.5. The third-order valence-corrected chi connectivity index (χ3v) is 5.25. The van der Waals surface area contributed by atoms with Crippen LogP contribution in [0.15, 0.2) is 79.0 Å². The van der Waals surface area contributed by atoms with Crippen LogP contribution in [0.25, 0.3) is 17.1 Å². The van der Waals surface area contributed by atoms with Gasteiger partial charge in [0.05, 0.1) is 15.7 Å². The van der Waals surface area contributed by atoms with Gasteiger partial charge in [-0.15, -0.1) is 0 Å². The molecule has 0 saturated heterocycles. The summed E-state index contributed by atoms with van der Waals surface area (Å²) in [6, 6.07) is 21.6. The van der Waals surface area contributed by atoms with E-state index in [9.17, 15) is 4.79 Å². The zero-order chi connectivity index (χ0) is 21.1. The fraction of sp³-hybridized carbons (Fsp3) is 0. The summed E-state index contributed by atoms with van der Waals surface area (Å²) >= 11 is 18.5. The summed E-state index contributed by atoms with van der Waals surface area (Å²) < 4.78 is 1.79. The Kier molecular flexibility index (Phi) is 5.95. The lowest BCUT2D eigenvalue weighted by molar-refractivity contribution is 0.0958. The highest BCUT2D eigenvalue weighted by Gasteiger charge is 2.18. The molecule has 3 aromatic carbocycles. The van der Waals surface area contributed by atoms with Crippen LogP contribution in [0.2, 0.25) is 15.1 Å². The Morgan fingerprint density at radius 2 is 1.50 bits per heavy atom. The van der Waals surface area contributed by atoms with Crippen molar-refractivity contribution in [1.29, 1.82) is 0 Å². The number of imidazole rings is 1. The van der Waals surface area contributed by atoms with E-state index in [1.165, 1.54) is 0 Å². The number of carbonyl (C=O) groups is 1. The molecule has 0 aliphatic carbocycles. The zero-order valence-electron chi connectivity index (χ0n) is 15.4. The van der Waals surface area contributed by atoms with Crippen LogP contribution in [0.3, 0.4) is 0 Å². The molecule has 0 unspecified atom stereocenters. The highest BCUT2D eigenvalue weighted by molar-refractivity contribution is 6.33. The SMILES string of the molecule is O=C(NNc1ccccc1Cl)c1cn(-c2ccc(Cl)cc2)c(-c2ccccc2Cl)n1. The number of hydrogen-bond donors (Lipinski definition) is 2. The molecule has 0 radical (unpaired) electrons. The maximum absolute atomic E-state index is 12.7. The number of nitrogens with one attached hydrogen (secondary N) is 2. The molecule has 1 heterocycles. The largest absolute Gasteiger partial charge is 0.299 e. The van der Waals surface area contributed by atoms with Gasteiger partial charge in [0, 0.05) is 22.5 Å². The number of carbonyl (C=O) groups excluding carboxylic acids is 1. The van der Waals surface area contributed by atoms with Gasteiger partial charge in [-0.05, 0) is 48.5 Å². The third-order valence-electron chi connectivity index (χ3n) is 4.34. The molecule has 0 saturated carbocycles. The van der Waals surface area contributed by atoms with Crippen LogP contribution in [0.4, 0.5) is 5.69 Å². The van der Waals surface area contributed by atoms with Crippen LogP contribution in [-0.2, 0) is 0 Å². The van der Waals surface area contributed by atoms with Crippen molar-refractivity contribution < 1.29 is 4.79 Å². The number of nitrogens with zero attached hydrogens (tertiary/aromatic N) is 2. The van der Waals surface area contributed by atoms with E-state index in [0.717, 1.165) is 5.69 Å². The van der Waals surface area contributed by atoms with E-state index >= 15 is 0 Å². The van der Waals surface area contributed by atoms with E-state index in [1.54, 1.807) is 47.2 Å². The van der Waals surface area contributed by atoms with Gasteiger partial charge in [0.15, 0.2) is 0 Å². The molecule has 1 amide bonds. The number of halogens is 3. The monoisotopic (exact) mass is 456 g/mol. The number of benzene rings is 3. The molecule has 0 aliphatic heterocycles. The average molecular weight is 458 g/mol. The zero-order valence-corrected chi connectivity index (χ0v) is 17.7. The summed E-state index contributed by atoms with van der Waals surface area (Å²) in [6.07, 6.45) is 1.64. The first-order valence-corrected chi connectivity index (χ1v) is 10.1. The highest BCUT2D eigenvalue weighted by atomic mass is 35.5. The normalized spacial score (nSPS) is 10.6. The smallest absolute Gasteiger partial charge is 0.289 e. The van der Waals surface area contributed by atoms with Gasteiger partial charge in [0.25, 0.3) is 5.91 Å². The van der Waals surface area contributed by atoms with E-state index in [1.807, 2.05) is 36.4 Å². The van der Waals surface area contributed by atoms with Crippen molar-refractivity contribution in [2.45, 2.75) is 0 Å². The minimum absolute atomic E-state index is 0.208. The fourth-order valence-electron chi connectivity index (χ4n) is 2.87. The lowest BCUT2D eigenvalue weighted by Crippen LogP contribution is -2.29. The second-order valence-corrected chi connectivity index (χ2v) is 7.59. The van der Waals surface area contributed by atoms with Crippen LogP contribution in [0.5, 0.6) is 0 Å². The molecule has 30 heavy (non-hydrogen) atoms. The first-order valence-electron chi connectivity index (χ1n) is 8.94. The van der Waals surface area contributed by atoms with Crippen molar-refractivity contribution in [3.63, 3.8) is 0 Å². The summed E-state index contributed by atoms with van der Waals surface area (Å²) in [5, 5.41) is 1.63. The van der Waals surface area contributed by atoms with Crippen LogP contribution in [0.1, 0.15) is 10.5 Å². The van der Waals surface area contributed by atoms with Crippen molar-refractivity contribution in [1.82, 2.24) is 15.0 Å². The van der Waals surface area contributed by atoms with Crippen LogP contribution < -0.4 is 10.9 Å². The second-order valence-electron chi connectivity index (χ2n) is 6.33. The van der Waals surface area contributed by atoms with Crippen molar-refractivity contribution in [3.8, 4) is 17.1 Å². The van der Waals surface area contributed by atoms with Gasteiger partial charge in [0.1, 0.15) is 11.5 Å². The van der Waals surface area contributed by atoms with E-state index < -0.39 is 5.91 Å². The molecule has 5 nitrogen and oxygen atoms in total. The first kappa shape index (κ1) is 20.3. The quantitative estimate of drug-likeness (QED) is 0.348. The summed E-state index contributed by atoms with van der Waals surface area (Å²) in [5.74, 6) is 0.113. The molecule has 4 aromatic rings. The molecule has 0 bridgehead atoms. The fourth-order valence-corrected chi connectivity index (χ4v) is 3.40. The van der Waals surface area contributed by atoms with E-state index in [2.05, 4.69) is 15.8 Å². The standard InChI is InChI=1S/C22H15Cl3N4O/c23-14-9-11-15(12-10-14)29-13-20(26-21(29)16-5-1-2-6-17(16)24)22(30)28-27-19-8-4-3-7-18(19)25/h1-13,27H,(H,28,30). The predicted octanol–water partition coefficient (Wildman–Crippen LogP) is 6.26. The maximum atomic E-state index is 12.7. The molecule has 2 N–H and O–H groups in total. The topological polar surface area (TPSA) is 59.0 Å².